The van der Waals surface area contributed by atoms with Gasteiger partial charge in [-0.1, -0.05) is 13.8 Å². The Morgan fingerprint density at radius 1 is 1.32 bits per heavy atom. The molecule has 0 aliphatic rings. The van der Waals surface area contributed by atoms with E-state index in [0.29, 0.717) is 12.5 Å². The number of nitrogens with zero attached hydrogens (tertiary/aromatic N) is 2. The molecule has 2 aromatic heterocycles. The highest BCUT2D eigenvalue weighted by atomic mass is 32.1. The maximum absolute atomic E-state index is 4.62. The molecular weight excluding hydrogens is 312 g/mol. The van der Waals surface area contributed by atoms with Gasteiger partial charge < -0.3 is 10.6 Å². The zero-order chi connectivity index (χ0) is 15.8. The van der Waals surface area contributed by atoms with Crippen LogP contribution in [0.1, 0.15) is 43.0 Å². The van der Waals surface area contributed by atoms with Gasteiger partial charge >= 0.3 is 0 Å². The van der Waals surface area contributed by atoms with Gasteiger partial charge in [0.15, 0.2) is 5.96 Å². The molecule has 0 fully saturated rings. The lowest BCUT2D eigenvalue weighted by molar-refractivity contribution is 0.794. The number of aliphatic imine (C=N–C) groups is 1. The Bertz CT molecular complexity index is 573. The van der Waals surface area contributed by atoms with Gasteiger partial charge in [-0.3, -0.25) is 0 Å². The third-order valence-corrected chi connectivity index (χ3v) is 4.75. The number of hydrogen-bond donors (Lipinski definition) is 2. The van der Waals surface area contributed by atoms with Crippen LogP contribution in [0, 0.1) is 0 Å². The first kappa shape index (κ1) is 17.0. The molecule has 0 saturated heterocycles. The van der Waals surface area contributed by atoms with Crippen molar-refractivity contribution in [3.05, 3.63) is 38.5 Å². The molecular formula is C16H24N4S2. The van der Waals surface area contributed by atoms with Crippen molar-refractivity contribution in [2.24, 2.45) is 4.99 Å². The summed E-state index contributed by atoms with van der Waals surface area (Å²) >= 11 is 3.43. The Morgan fingerprint density at radius 3 is 2.82 bits per heavy atom. The van der Waals surface area contributed by atoms with Crippen LogP contribution in [0.3, 0.4) is 0 Å². The molecule has 2 rings (SSSR count). The van der Waals surface area contributed by atoms with E-state index in [2.05, 4.69) is 63.6 Å². The number of guanidine groups is 1. The maximum Gasteiger partial charge on any atom is 0.191 e. The molecule has 0 atom stereocenters. The van der Waals surface area contributed by atoms with Gasteiger partial charge in [-0.15, -0.1) is 11.3 Å². The predicted molar refractivity (Wildman–Crippen MR) is 97.0 cm³/mol. The molecule has 0 radical (unpaired) electrons. The van der Waals surface area contributed by atoms with Crippen LogP contribution in [0.5, 0.6) is 0 Å². The first-order valence-electron chi connectivity index (χ1n) is 7.66. The highest BCUT2D eigenvalue weighted by Gasteiger charge is 2.05. The highest BCUT2D eigenvalue weighted by Crippen LogP contribution is 2.18. The Labute approximate surface area is 140 Å². The van der Waals surface area contributed by atoms with Gasteiger partial charge in [0.2, 0.25) is 0 Å². The summed E-state index contributed by atoms with van der Waals surface area (Å²) < 4.78 is 0. The summed E-state index contributed by atoms with van der Waals surface area (Å²) in [5.74, 6) is 1.34. The van der Waals surface area contributed by atoms with E-state index in [1.165, 1.54) is 5.56 Å². The van der Waals surface area contributed by atoms with E-state index < -0.39 is 0 Å². The van der Waals surface area contributed by atoms with Crippen molar-refractivity contribution in [2.75, 3.05) is 13.1 Å². The smallest absolute Gasteiger partial charge is 0.191 e. The van der Waals surface area contributed by atoms with Crippen LogP contribution >= 0.6 is 22.7 Å². The molecule has 4 nitrogen and oxygen atoms in total. The molecule has 0 spiro atoms. The largest absolute Gasteiger partial charge is 0.357 e. The number of aromatic nitrogens is 1. The molecule has 120 valence electrons. The van der Waals surface area contributed by atoms with Crippen molar-refractivity contribution in [1.29, 1.82) is 0 Å². The fourth-order valence-corrected chi connectivity index (χ4v) is 3.49. The van der Waals surface area contributed by atoms with Crippen LogP contribution in [-0.2, 0) is 13.0 Å². The summed E-state index contributed by atoms with van der Waals surface area (Å²) in [7, 11) is 0. The number of hydrogen-bond acceptors (Lipinski definition) is 4. The van der Waals surface area contributed by atoms with Gasteiger partial charge in [-0.2, -0.15) is 11.3 Å². The predicted octanol–water partition coefficient (Wildman–Crippen LogP) is 3.63. The molecule has 2 N–H and O–H groups in total. The van der Waals surface area contributed by atoms with Crippen molar-refractivity contribution >= 4 is 28.6 Å². The van der Waals surface area contributed by atoms with Crippen LogP contribution in [0.4, 0.5) is 0 Å². The molecule has 0 aliphatic carbocycles. The summed E-state index contributed by atoms with van der Waals surface area (Å²) in [5, 5.41) is 14.2. The fraction of sp³-hybridized carbons (Fsp3) is 0.500. The lowest BCUT2D eigenvalue weighted by Gasteiger charge is -2.10. The normalized spacial score (nSPS) is 11.9. The third kappa shape index (κ3) is 5.42. The zero-order valence-corrected chi connectivity index (χ0v) is 15.1. The van der Waals surface area contributed by atoms with Gasteiger partial charge in [-0.25, -0.2) is 9.98 Å². The minimum atomic E-state index is 0.478. The van der Waals surface area contributed by atoms with Gasteiger partial charge in [0.1, 0.15) is 5.01 Å². The van der Waals surface area contributed by atoms with Gasteiger partial charge in [0, 0.05) is 18.5 Å². The van der Waals surface area contributed by atoms with Crippen LogP contribution < -0.4 is 10.6 Å². The molecule has 2 heterocycles. The van der Waals surface area contributed by atoms with Crippen molar-refractivity contribution in [3.8, 4) is 0 Å². The minimum absolute atomic E-state index is 0.478. The van der Waals surface area contributed by atoms with E-state index in [1.807, 2.05) is 0 Å². The molecule has 0 amide bonds. The van der Waals surface area contributed by atoms with Crippen LogP contribution in [0.25, 0.3) is 0 Å². The fourth-order valence-electron chi connectivity index (χ4n) is 1.91. The van der Waals surface area contributed by atoms with Crippen LogP contribution in [0.2, 0.25) is 0 Å². The molecule has 0 saturated carbocycles. The van der Waals surface area contributed by atoms with Gasteiger partial charge in [-0.05, 0) is 41.7 Å². The lowest BCUT2D eigenvalue weighted by Crippen LogP contribution is -2.38. The summed E-state index contributed by atoms with van der Waals surface area (Å²) in [6, 6.07) is 2.17. The minimum Gasteiger partial charge on any atom is -0.357 e. The first-order chi connectivity index (χ1) is 10.7. The average Bonchev–Trinajstić information content (AvgIpc) is 3.16. The summed E-state index contributed by atoms with van der Waals surface area (Å²) in [6.45, 7) is 8.79. The quantitative estimate of drug-likeness (QED) is 0.600. The second-order valence-electron chi connectivity index (χ2n) is 5.32. The van der Waals surface area contributed by atoms with Crippen LogP contribution in [0.15, 0.2) is 27.2 Å². The van der Waals surface area contributed by atoms with Crippen molar-refractivity contribution in [2.45, 2.75) is 39.7 Å². The summed E-state index contributed by atoms with van der Waals surface area (Å²) in [5.41, 5.74) is 2.53. The Morgan fingerprint density at radius 2 is 2.18 bits per heavy atom. The molecule has 2 aromatic rings. The second-order valence-corrected chi connectivity index (χ2v) is 7.05. The number of nitrogens with one attached hydrogen (secondary N) is 2. The van der Waals surface area contributed by atoms with E-state index in [-0.39, 0.29) is 0 Å². The molecule has 6 heteroatoms. The van der Waals surface area contributed by atoms with Crippen LogP contribution in [-0.4, -0.2) is 24.0 Å². The number of thiophene rings is 1. The summed E-state index contributed by atoms with van der Waals surface area (Å²) in [4.78, 5) is 9.24. The van der Waals surface area contributed by atoms with Crippen molar-refractivity contribution in [3.63, 3.8) is 0 Å². The molecule has 0 bridgehead atoms. The second kappa shape index (κ2) is 8.90. The first-order valence-corrected chi connectivity index (χ1v) is 9.48. The highest BCUT2D eigenvalue weighted by molar-refractivity contribution is 7.09. The van der Waals surface area contributed by atoms with E-state index in [9.17, 15) is 0 Å². The third-order valence-electron chi connectivity index (χ3n) is 3.16. The van der Waals surface area contributed by atoms with Gasteiger partial charge in [0.25, 0.3) is 0 Å². The maximum atomic E-state index is 4.62. The topological polar surface area (TPSA) is 49.3 Å². The summed E-state index contributed by atoms with van der Waals surface area (Å²) in [6.07, 6.45) is 1.02. The number of thiazole rings is 1. The van der Waals surface area contributed by atoms with Gasteiger partial charge in [0.05, 0.1) is 12.2 Å². The van der Waals surface area contributed by atoms with E-state index in [1.54, 1.807) is 22.7 Å². The standard InChI is InChI=1S/C16H24N4S2/c1-4-17-16(18-7-5-13-6-8-21-10-13)19-9-15-20-14(11-22-15)12(2)3/h6,8,10-12H,4-5,7,9H2,1-3H3,(H2,17,18,19). The average molecular weight is 337 g/mol. The molecule has 0 aromatic carbocycles. The monoisotopic (exact) mass is 336 g/mol. The molecule has 0 unspecified atom stereocenters. The molecule has 22 heavy (non-hydrogen) atoms. The Hall–Kier alpha value is -1.40. The number of rotatable bonds is 7. The van der Waals surface area contributed by atoms with E-state index >= 15 is 0 Å². The van der Waals surface area contributed by atoms with Crippen molar-refractivity contribution in [1.82, 2.24) is 15.6 Å². The zero-order valence-electron chi connectivity index (χ0n) is 13.4. The van der Waals surface area contributed by atoms with E-state index in [4.69, 9.17) is 0 Å². The Kier molecular flexibility index (Phi) is 6.86. The van der Waals surface area contributed by atoms with E-state index in [0.717, 1.165) is 36.2 Å². The molecule has 0 aliphatic heterocycles. The SMILES string of the molecule is CCNC(=NCc1nc(C(C)C)cs1)NCCc1ccsc1. The lowest BCUT2D eigenvalue weighted by atomic mass is 10.2. The van der Waals surface area contributed by atoms with Crippen molar-refractivity contribution < 1.29 is 0 Å². The Balaban J connectivity index is 1.85.